The second kappa shape index (κ2) is 9.73. The average molecular weight is 394 g/mol. The van der Waals surface area contributed by atoms with E-state index >= 15 is 0 Å². The molecular weight excluding hydrogens is 376 g/mol. The van der Waals surface area contributed by atoms with Crippen molar-refractivity contribution in [3.05, 3.63) is 65.3 Å². The van der Waals surface area contributed by atoms with Gasteiger partial charge in [-0.1, -0.05) is 24.3 Å². The Morgan fingerprint density at radius 2 is 1.24 bits per heavy atom. The van der Waals surface area contributed by atoms with E-state index in [1.165, 1.54) is 68.7 Å². The molecule has 7 nitrogen and oxygen atoms in total. The zero-order valence-corrected chi connectivity index (χ0v) is 15.7. The minimum atomic E-state index is -0.815. The molecule has 7 heteroatoms. The largest absolute Gasteiger partial charge is 0.504 e. The summed E-state index contributed by atoms with van der Waals surface area (Å²) >= 11 is 0. The molecule has 0 radical (unpaired) electrons. The molecule has 0 aromatic heterocycles. The van der Waals surface area contributed by atoms with Gasteiger partial charge in [0.1, 0.15) is 5.94 Å². The van der Waals surface area contributed by atoms with E-state index in [0.29, 0.717) is 11.1 Å². The predicted molar refractivity (Wildman–Crippen MR) is 107 cm³/mol. The summed E-state index contributed by atoms with van der Waals surface area (Å²) in [4.78, 5) is 35.5. The molecule has 0 atom stereocenters. The maximum Gasteiger partial charge on any atom is 0.200 e. The molecule has 0 bridgehead atoms. The van der Waals surface area contributed by atoms with E-state index in [2.05, 4.69) is 0 Å². The van der Waals surface area contributed by atoms with Gasteiger partial charge in [-0.3, -0.25) is 9.59 Å². The van der Waals surface area contributed by atoms with E-state index in [0.717, 1.165) is 12.2 Å². The Balaban J connectivity index is 2.14. The molecule has 2 rings (SSSR count). The lowest BCUT2D eigenvalue weighted by atomic mass is 10.1. The second-order valence-corrected chi connectivity index (χ2v) is 5.73. The molecule has 0 unspecified atom stereocenters. The monoisotopic (exact) mass is 394 g/mol. The molecule has 29 heavy (non-hydrogen) atoms. The summed E-state index contributed by atoms with van der Waals surface area (Å²) in [5, 5.41) is 19.1. The Morgan fingerprint density at radius 3 is 1.59 bits per heavy atom. The van der Waals surface area contributed by atoms with Crippen molar-refractivity contribution in [1.82, 2.24) is 0 Å². The third-order valence-electron chi connectivity index (χ3n) is 3.86. The van der Waals surface area contributed by atoms with Gasteiger partial charge in [-0.25, -0.2) is 4.79 Å². The van der Waals surface area contributed by atoms with Gasteiger partial charge in [-0.15, -0.1) is 0 Å². The molecule has 0 aliphatic heterocycles. The Morgan fingerprint density at radius 1 is 0.828 bits per heavy atom. The fourth-order valence-electron chi connectivity index (χ4n) is 2.33. The summed E-state index contributed by atoms with van der Waals surface area (Å²) in [5.41, 5.74) is 0.392. The van der Waals surface area contributed by atoms with Crippen LogP contribution >= 0.6 is 0 Å². The smallest absolute Gasteiger partial charge is 0.200 e. The van der Waals surface area contributed by atoms with E-state index in [-0.39, 0.29) is 23.0 Å². The predicted octanol–water partition coefficient (Wildman–Crippen LogP) is 2.74. The number of methoxy groups -OCH3 is 2. The Kier molecular flexibility index (Phi) is 7.12. The van der Waals surface area contributed by atoms with Gasteiger partial charge >= 0.3 is 0 Å². The van der Waals surface area contributed by atoms with Crippen LogP contribution in [0.5, 0.6) is 23.0 Å². The Labute approximate surface area is 166 Å². The van der Waals surface area contributed by atoms with Gasteiger partial charge < -0.3 is 19.7 Å². The van der Waals surface area contributed by atoms with Crippen molar-refractivity contribution in [3.63, 3.8) is 0 Å². The summed E-state index contributed by atoms with van der Waals surface area (Å²) in [6.07, 6.45) is 4.87. The van der Waals surface area contributed by atoms with E-state index < -0.39 is 17.1 Å². The normalized spacial score (nSPS) is 10.7. The van der Waals surface area contributed by atoms with Crippen LogP contribution in [0.3, 0.4) is 0 Å². The molecule has 0 saturated heterocycles. The van der Waals surface area contributed by atoms with Crippen molar-refractivity contribution >= 4 is 29.7 Å². The number of carbonyl (C=O) groups is 2. The zero-order valence-electron chi connectivity index (χ0n) is 15.7. The number of rotatable bonds is 8. The number of benzene rings is 2. The van der Waals surface area contributed by atoms with Crippen LogP contribution in [0.1, 0.15) is 11.1 Å². The Bertz CT molecular complexity index is 964. The number of aromatic hydroxyl groups is 2. The van der Waals surface area contributed by atoms with Crippen molar-refractivity contribution in [2.45, 2.75) is 0 Å². The fourth-order valence-corrected chi connectivity index (χ4v) is 2.33. The van der Waals surface area contributed by atoms with E-state index in [4.69, 9.17) is 9.47 Å². The van der Waals surface area contributed by atoms with Gasteiger partial charge in [0.05, 0.1) is 14.2 Å². The summed E-state index contributed by atoms with van der Waals surface area (Å²) in [6, 6.07) is 8.82. The maximum absolute atomic E-state index is 12.2. The number of hydrogen-bond acceptors (Lipinski definition) is 7. The summed E-state index contributed by atoms with van der Waals surface area (Å²) < 4.78 is 9.95. The van der Waals surface area contributed by atoms with Gasteiger partial charge in [0.2, 0.25) is 11.6 Å². The van der Waals surface area contributed by atoms with Crippen molar-refractivity contribution < 1.29 is 34.1 Å². The minimum absolute atomic E-state index is 0.0596. The number of ketones is 2. The summed E-state index contributed by atoms with van der Waals surface area (Å²) in [7, 11) is 2.77. The minimum Gasteiger partial charge on any atom is -0.504 e. The summed E-state index contributed by atoms with van der Waals surface area (Å²) in [6.45, 7) is 0. The standard InChI is InChI=1S/C22H18O7/c1-28-21-11-14(5-9-19(21)26)3-7-17(24)16(13-23)18(25)8-4-15-6-10-20(27)22(12-15)29-2/h3-12,26-27H,1-2H3/b7-3+,8-4+. The molecule has 0 amide bonds. The Hall–Kier alpha value is -4.09. The van der Waals surface area contributed by atoms with Crippen molar-refractivity contribution in [1.29, 1.82) is 0 Å². The number of ether oxygens (including phenoxy) is 2. The highest BCUT2D eigenvalue weighted by Gasteiger charge is 2.15. The van der Waals surface area contributed by atoms with Crippen LogP contribution < -0.4 is 9.47 Å². The zero-order chi connectivity index (χ0) is 21.4. The number of hydrogen-bond donors (Lipinski definition) is 2. The van der Waals surface area contributed by atoms with Gasteiger partial charge in [0.15, 0.2) is 28.6 Å². The molecule has 0 fully saturated rings. The van der Waals surface area contributed by atoms with Crippen LogP contribution in [0, 0.1) is 0 Å². The van der Waals surface area contributed by atoms with E-state index in [1.807, 2.05) is 0 Å². The van der Waals surface area contributed by atoms with Crippen LogP contribution in [-0.2, 0) is 14.4 Å². The fraction of sp³-hybridized carbons (Fsp3) is 0.0909. The van der Waals surface area contributed by atoms with E-state index in [9.17, 15) is 24.6 Å². The second-order valence-electron chi connectivity index (χ2n) is 5.73. The van der Waals surface area contributed by atoms with Crippen molar-refractivity contribution in [2.75, 3.05) is 14.2 Å². The summed E-state index contributed by atoms with van der Waals surface area (Å²) in [5.74, 6) is 0.0578. The van der Waals surface area contributed by atoms with Gasteiger partial charge in [0, 0.05) is 0 Å². The first-order valence-electron chi connectivity index (χ1n) is 8.33. The lowest BCUT2D eigenvalue weighted by Crippen LogP contribution is -2.09. The van der Waals surface area contributed by atoms with E-state index in [1.54, 1.807) is 0 Å². The van der Waals surface area contributed by atoms with Crippen molar-refractivity contribution in [3.8, 4) is 23.0 Å². The molecule has 0 spiro atoms. The number of phenols is 2. The highest BCUT2D eigenvalue weighted by Crippen LogP contribution is 2.27. The molecule has 148 valence electrons. The third-order valence-corrected chi connectivity index (χ3v) is 3.86. The molecule has 0 aliphatic carbocycles. The molecule has 0 heterocycles. The first kappa shape index (κ1) is 21.2. The molecule has 0 aliphatic rings. The van der Waals surface area contributed by atoms with Crippen LogP contribution in [-0.4, -0.2) is 41.9 Å². The number of carbonyl (C=O) groups excluding carboxylic acids is 3. The topological polar surface area (TPSA) is 110 Å². The first-order valence-corrected chi connectivity index (χ1v) is 8.33. The molecular formula is C22H18O7. The van der Waals surface area contributed by atoms with Crippen LogP contribution in [0.15, 0.2) is 54.1 Å². The number of phenolic OH excluding ortho intramolecular Hbond substituents is 2. The highest BCUT2D eigenvalue weighted by molar-refractivity contribution is 6.33. The molecule has 2 aromatic carbocycles. The van der Waals surface area contributed by atoms with Crippen molar-refractivity contribution in [2.24, 2.45) is 0 Å². The van der Waals surface area contributed by atoms with Crippen LogP contribution in [0.25, 0.3) is 12.2 Å². The average Bonchev–Trinajstić information content (AvgIpc) is 2.73. The molecule has 2 N–H and O–H groups in total. The maximum atomic E-state index is 12.2. The quantitative estimate of drug-likeness (QED) is 0.307. The molecule has 2 aromatic rings. The van der Waals surface area contributed by atoms with Gasteiger partial charge in [-0.05, 0) is 47.5 Å². The first-order chi connectivity index (χ1) is 13.9. The van der Waals surface area contributed by atoms with Crippen LogP contribution in [0.4, 0.5) is 0 Å². The lowest BCUT2D eigenvalue weighted by molar-refractivity contribution is -0.116. The van der Waals surface area contributed by atoms with Gasteiger partial charge in [-0.2, -0.15) is 0 Å². The SMILES string of the molecule is COc1cc(/C=C/C(=O)C(=C=O)C(=O)/C=C/c2ccc(O)c(OC)c2)ccc1O. The third kappa shape index (κ3) is 5.45. The molecule has 0 saturated carbocycles. The van der Waals surface area contributed by atoms with Gasteiger partial charge in [0.25, 0.3) is 0 Å². The van der Waals surface area contributed by atoms with Crippen LogP contribution in [0.2, 0.25) is 0 Å². The highest BCUT2D eigenvalue weighted by atomic mass is 16.5. The lowest BCUT2D eigenvalue weighted by Gasteiger charge is -2.03. The number of allylic oxidation sites excluding steroid dienone is 3.